The van der Waals surface area contributed by atoms with Crippen LogP contribution in [0.15, 0.2) is 47.3 Å². The van der Waals surface area contributed by atoms with Crippen molar-refractivity contribution in [2.75, 3.05) is 6.54 Å². The molecule has 3 aliphatic rings. The van der Waals surface area contributed by atoms with Gasteiger partial charge in [-0.1, -0.05) is 45.9 Å². The highest BCUT2D eigenvalue weighted by Gasteiger charge is 2.53. The lowest BCUT2D eigenvalue weighted by Gasteiger charge is -2.29. The fraction of sp³-hybridized carbons (Fsp3) is 0.571. The van der Waals surface area contributed by atoms with Gasteiger partial charge in [0.15, 0.2) is 12.2 Å². The standard InChI is InChI=1S/C28H39N3O6/c1-16(2)11-12-29-25(32)22(13-17(3)4)30-26(33)23-24(36-23)28(35)37-27(34)21-15-31(18(5)6)14-19-9-7-8-10-20(19)21/h7-8,10,14-18,22-24H,9,11-13H2,1-6H3,(H,29,32)(H,30,33)/t22?,23-,24-/m1/s1. The number of amides is 2. The average molecular weight is 514 g/mol. The van der Waals surface area contributed by atoms with Crippen LogP contribution in [-0.2, 0) is 28.7 Å². The van der Waals surface area contributed by atoms with Gasteiger partial charge < -0.3 is 25.0 Å². The van der Waals surface area contributed by atoms with Crippen LogP contribution in [0.25, 0.3) is 0 Å². The van der Waals surface area contributed by atoms with Crippen molar-refractivity contribution in [3.05, 3.63) is 47.3 Å². The maximum absolute atomic E-state index is 12.9. The molecule has 0 bridgehead atoms. The molecule has 2 amide bonds. The molecule has 202 valence electrons. The molecule has 9 nitrogen and oxygen atoms in total. The second-order valence-electron chi connectivity index (χ2n) is 10.8. The molecule has 0 aromatic carbocycles. The first-order valence-corrected chi connectivity index (χ1v) is 13.0. The van der Waals surface area contributed by atoms with E-state index in [1.54, 1.807) is 6.20 Å². The van der Waals surface area contributed by atoms with Crippen LogP contribution >= 0.6 is 0 Å². The summed E-state index contributed by atoms with van der Waals surface area (Å²) in [5.41, 5.74) is 1.95. The lowest BCUT2D eigenvalue weighted by Crippen LogP contribution is -2.49. The normalized spacial score (nSPS) is 21.1. The van der Waals surface area contributed by atoms with E-state index in [4.69, 9.17) is 9.47 Å². The van der Waals surface area contributed by atoms with Gasteiger partial charge in [0.2, 0.25) is 5.91 Å². The van der Waals surface area contributed by atoms with Gasteiger partial charge in [0.1, 0.15) is 6.04 Å². The summed E-state index contributed by atoms with van der Waals surface area (Å²) >= 11 is 0. The Balaban J connectivity index is 1.58. The summed E-state index contributed by atoms with van der Waals surface area (Å²) in [7, 11) is 0. The van der Waals surface area contributed by atoms with Crippen LogP contribution in [-0.4, -0.2) is 59.5 Å². The van der Waals surface area contributed by atoms with Crippen LogP contribution in [0.3, 0.4) is 0 Å². The van der Waals surface area contributed by atoms with Crippen LogP contribution in [0.5, 0.6) is 0 Å². The van der Waals surface area contributed by atoms with Crippen LogP contribution in [0.2, 0.25) is 0 Å². The summed E-state index contributed by atoms with van der Waals surface area (Å²) in [5.74, 6) is -1.95. The molecular weight excluding hydrogens is 474 g/mol. The summed E-state index contributed by atoms with van der Waals surface area (Å²) in [6.45, 7) is 12.6. The Morgan fingerprint density at radius 3 is 2.43 bits per heavy atom. The highest BCUT2D eigenvalue weighted by molar-refractivity contribution is 6.04. The van der Waals surface area contributed by atoms with Gasteiger partial charge in [-0.2, -0.15) is 0 Å². The molecule has 1 fully saturated rings. The van der Waals surface area contributed by atoms with Crippen LogP contribution in [0.1, 0.15) is 60.8 Å². The third-order valence-electron chi connectivity index (χ3n) is 6.31. The topological polar surface area (TPSA) is 117 Å². The summed E-state index contributed by atoms with van der Waals surface area (Å²) < 4.78 is 10.4. The molecule has 0 spiro atoms. The molecule has 2 heterocycles. The molecule has 1 aliphatic carbocycles. The number of fused-ring (bicyclic) bond motifs is 1. The molecule has 0 radical (unpaired) electrons. The second kappa shape index (κ2) is 12.4. The van der Waals surface area contributed by atoms with Gasteiger partial charge >= 0.3 is 11.9 Å². The smallest absolute Gasteiger partial charge is 0.347 e. The number of carbonyl (C=O) groups is 4. The highest BCUT2D eigenvalue weighted by Crippen LogP contribution is 2.33. The monoisotopic (exact) mass is 513 g/mol. The van der Waals surface area contributed by atoms with E-state index in [1.165, 1.54) is 0 Å². The van der Waals surface area contributed by atoms with E-state index in [1.807, 2.05) is 57.0 Å². The summed E-state index contributed by atoms with van der Waals surface area (Å²) in [6.07, 6.45) is 8.97. The van der Waals surface area contributed by atoms with Gasteiger partial charge in [-0.25, -0.2) is 9.59 Å². The Hall–Kier alpha value is -3.20. The van der Waals surface area contributed by atoms with E-state index in [2.05, 4.69) is 24.5 Å². The lowest BCUT2D eigenvalue weighted by atomic mass is 9.90. The molecule has 2 N–H and O–H groups in total. The fourth-order valence-electron chi connectivity index (χ4n) is 4.12. The predicted molar refractivity (Wildman–Crippen MR) is 139 cm³/mol. The van der Waals surface area contributed by atoms with Gasteiger partial charge in [0, 0.05) is 25.0 Å². The number of ether oxygens (including phenoxy) is 2. The number of carbonyl (C=O) groups excluding carboxylic acids is 4. The third kappa shape index (κ3) is 7.64. The van der Waals surface area contributed by atoms with Crippen molar-refractivity contribution in [3.8, 4) is 0 Å². The molecule has 0 saturated carbocycles. The van der Waals surface area contributed by atoms with Crippen LogP contribution in [0.4, 0.5) is 0 Å². The molecule has 9 heteroatoms. The molecule has 1 unspecified atom stereocenters. The van der Waals surface area contributed by atoms with E-state index in [9.17, 15) is 19.2 Å². The van der Waals surface area contributed by atoms with Gasteiger partial charge in [0.25, 0.3) is 5.91 Å². The van der Waals surface area contributed by atoms with Gasteiger partial charge in [-0.3, -0.25) is 9.59 Å². The Kier molecular flexibility index (Phi) is 9.48. The maximum Gasteiger partial charge on any atom is 0.347 e. The number of hydrogen-bond acceptors (Lipinski definition) is 7. The van der Waals surface area contributed by atoms with Crippen molar-refractivity contribution in [2.45, 2.75) is 85.1 Å². The molecule has 0 aromatic heterocycles. The van der Waals surface area contributed by atoms with Crippen molar-refractivity contribution >= 4 is 23.8 Å². The molecule has 2 aliphatic heterocycles. The zero-order chi connectivity index (χ0) is 27.3. The Morgan fingerprint density at radius 1 is 1.05 bits per heavy atom. The number of allylic oxidation sites excluding steroid dienone is 4. The Morgan fingerprint density at radius 2 is 1.78 bits per heavy atom. The van der Waals surface area contributed by atoms with Gasteiger partial charge in [-0.15, -0.1) is 0 Å². The van der Waals surface area contributed by atoms with Crippen molar-refractivity contribution in [1.82, 2.24) is 15.5 Å². The Labute approximate surface area is 219 Å². The van der Waals surface area contributed by atoms with E-state index in [0.717, 1.165) is 12.0 Å². The SMILES string of the molecule is CC(C)CCNC(=O)C(CC(C)C)NC(=O)[C@@H]1O[C@H]1C(=O)OC(=O)C1=CN(C(C)C)C=C2CC=CC=C21. The van der Waals surface area contributed by atoms with Crippen LogP contribution in [0, 0.1) is 11.8 Å². The number of epoxide rings is 1. The van der Waals surface area contributed by atoms with Crippen molar-refractivity contribution < 1.29 is 28.7 Å². The minimum Gasteiger partial charge on any atom is -0.387 e. The van der Waals surface area contributed by atoms with E-state index < -0.39 is 36.1 Å². The molecule has 3 atom stereocenters. The largest absolute Gasteiger partial charge is 0.387 e. The Bertz CT molecular complexity index is 1040. The van der Waals surface area contributed by atoms with Crippen LogP contribution < -0.4 is 10.6 Å². The maximum atomic E-state index is 12.9. The zero-order valence-corrected chi connectivity index (χ0v) is 22.6. The summed E-state index contributed by atoms with van der Waals surface area (Å²) in [5, 5.41) is 5.55. The van der Waals surface area contributed by atoms with E-state index in [-0.39, 0.29) is 23.4 Å². The number of rotatable bonds is 11. The molecular formula is C28H39N3O6. The number of nitrogens with zero attached hydrogens (tertiary/aromatic N) is 1. The van der Waals surface area contributed by atoms with E-state index in [0.29, 0.717) is 30.9 Å². The van der Waals surface area contributed by atoms with E-state index >= 15 is 0 Å². The molecule has 0 aromatic rings. The minimum atomic E-state index is -1.19. The zero-order valence-electron chi connectivity index (χ0n) is 22.6. The first kappa shape index (κ1) is 28.4. The first-order chi connectivity index (χ1) is 17.5. The van der Waals surface area contributed by atoms with Crippen molar-refractivity contribution in [3.63, 3.8) is 0 Å². The number of nitrogens with one attached hydrogen (secondary N) is 2. The summed E-state index contributed by atoms with van der Waals surface area (Å²) in [4.78, 5) is 52.9. The number of hydrogen-bond donors (Lipinski definition) is 2. The molecule has 1 saturated heterocycles. The number of esters is 2. The predicted octanol–water partition coefficient (Wildman–Crippen LogP) is 2.89. The average Bonchev–Trinajstić information content (AvgIpc) is 3.63. The third-order valence-corrected chi connectivity index (χ3v) is 6.31. The quantitative estimate of drug-likeness (QED) is 0.248. The lowest BCUT2D eigenvalue weighted by molar-refractivity contribution is -0.157. The molecule has 37 heavy (non-hydrogen) atoms. The second-order valence-corrected chi connectivity index (χ2v) is 10.8. The van der Waals surface area contributed by atoms with Gasteiger partial charge in [0.05, 0.1) is 5.57 Å². The molecule has 3 rings (SSSR count). The minimum absolute atomic E-state index is 0.111. The van der Waals surface area contributed by atoms with Crippen molar-refractivity contribution in [2.24, 2.45) is 11.8 Å². The van der Waals surface area contributed by atoms with Gasteiger partial charge in [-0.05, 0) is 56.1 Å². The summed E-state index contributed by atoms with van der Waals surface area (Å²) in [6, 6.07) is -0.632. The van der Waals surface area contributed by atoms with Crippen molar-refractivity contribution in [1.29, 1.82) is 0 Å². The highest BCUT2D eigenvalue weighted by atomic mass is 16.7. The first-order valence-electron chi connectivity index (χ1n) is 13.0. The fourth-order valence-corrected chi connectivity index (χ4v) is 4.12.